The van der Waals surface area contributed by atoms with E-state index in [1.54, 1.807) is 0 Å². The maximum atomic E-state index is 5.96. The molecule has 0 amide bonds. The number of nitrogens with one attached hydrogen (secondary N) is 1. The minimum atomic E-state index is 0. The van der Waals surface area contributed by atoms with Crippen LogP contribution in [0, 0.1) is 0 Å². The summed E-state index contributed by atoms with van der Waals surface area (Å²) in [4.78, 5) is 0. The highest BCUT2D eigenvalue weighted by atomic mass is 35.5. The lowest BCUT2D eigenvalue weighted by Crippen LogP contribution is -2.16. The molecule has 0 aromatic heterocycles. The number of hydrogen-bond acceptors (Lipinski definition) is 1. The quantitative estimate of drug-likeness (QED) is 0.785. The first-order valence-electron chi connectivity index (χ1n) is 5.94. The van der Waals surface area contributed by atoms with Crippen molar-refractivity contribution in [1.82, 2.24) is 5.32 Å². The van der Waals surface area contributed by atoms with Gasteiger partial charge in [-0.2, -0.15) is 0 Å². The molecule has 19 heavy (non-hydrogen) atoms. The first-order chi connectivity index (χ1) is 8.75. The zero-order valence-corrected chi connectivity index (χ0v) is 12.7. The van der Waals surface area contributed by atoms with Gasteiger partial charge in [-0.1, -0.05) is 59.6 Å². The van der Waals surface area contributed by atoms with Gasteiger partial charge < -0.3 is 5.32 Å². The van der Waals surface area contributed by atoms with Gasteiger partial charge >= 0.3 is 0 Å². The van der Waals surface area contributed by atoms with Crippen molar-refractivity contribution in [2.24, 2.45) is 0 Å². The van der Waals surface area contributed by atoms with Crippen LogP contribution in [0.25, 0.3) is 0 Å². The van der Waals surface area contributed by atoms with Crippen LogP contribution in [0.5, 0.6) is 0 Å². The van der Waals surface area contributed by atoms with E-state index in [2.05, 4.69) is 29.6 Å². The Kier molecular flexibility index (Phi) is 7.25. The summed E-state index contributed by atoms with van der Waals surface area (Å²) in [6.45, 7) is 1.76. The maximum absolute atomic E-state index is 5.96. The van der Waals surface area contributed by atoms with Crippen molar-refractivity contribution >= 4 is 35.6 Å². The highest BCUT2D eigenvalue weighted by Gasteiger charge is 1.99. The van der Waals surface area contributed by atoms with Gasteiger partial charge in [0, 0.05) is 6.54 Å². The Balaban J connectivity index is 0.00000180. The SMILES string of the molecule is Cl.Clc1ccc(CNCCc2ccccc2)cc1Cl. The molecule has 0 saturated carbocycles. The van der Waals surface area contributed by atoms with Gasteiger partial charge in [0.2, 0.25) is 0 Å². The molecule has 0 spiro atoms. The summed E-state index contributed by atoms with van der Waals surface area (Å²) >= 11 is 11.8. The third kappa shape index (κ3) is 5.42. The van der Waals surface area contributed by atoms with Gasteiger partial charge in [-0.25, -0.2) is 0 Å². The first kappa shape index (κ1) is 16.3. The van der Waals surface area contributed by atoms with Crippen LogP contribution in [-0.2, 0) is 13.0 Å². The molecular formula is C15H16Cl3N. The highest BCUT2D eigenvalue weighted by Crippen LogP contribution is 2.22. The molecule has 0 unspecified atom stereocenters. The summed E-state index contributed by atoms with van der Waals surface area (Å²) < 4.78 is 0. The third-order valence-corrected chi connectivity index (χ3v) is 3.49. The number of rotatable bonds is 5. The second-order valence-electron chi connectivity index (χ2n) is 4.16. The van der Waals surface area contributed by atoms with Crippen molar-refractivity contribution in [2.45, 2.75) is 13.0 Å². The van der Waals surface area contributed by atoms with Crippen LogP contribution in [0.2, 0.25) is 10.0 Å². The van der Waals surface area contributed by atoms with E-state index in [1.807, 2.05) is 24.3 Å². The van der Waals surface area contributed by atoms with E-state index >= 15 is 0 Å². The van der Waals surface area contributed by atoms with Gasteiger partial charge in [-0.05, 0) is 36.2 Å². The lowest BCUT2D eigenvalue weighted by molar-refractivity contribution is 0.687. The molecule has 1 nitrogen and oxygen atoms in total. The van der Waals surface area contributed by atoms with Crippen LogP contribution in [0.4, 0.5) is 0 Å². The van der Waals surface area contributed by atoms with Gasteiger partial charge in [0.1, 0.15) is 0 Å². The van der Waals surface area contributed by atoms with E-state index in [0.717, 1.165) is 25.1 Å². The van der Waals surface area contributed by atoms with E-state index in [4.69, 9.17) is 23.2 Å². The Morgan fingerprint density at radius 3 is 2.26 bits per heavy atom. The fourth-order valence-corrected chi connectivity index (χ4v) is 2.08. The zero-order valence-electron chi connectivity index (χ0n) is 10.4. The molecule has 2 aromatic carbocycles. The molecule has 4 heteroatoms. The van der Waals surface area contributed by atoms with Crippen LogP contribution in [0.3, 0.4) is 0 Å². The summed E-state index contributed by atoms with van der Waals surface area (Å²) in [5.41, 5.74) is 2.50. The standard InChI is InChI=1S/C15H15Cl2N.ClH/c16-14-7-6-13(10-15(14)17)11-18-9-8-12-4-2-1-3-5-12;/h1-7,10,18H,8-9,11H2;1H. The minimum absolute atomic E-state index is 0. The molecule has 102 valence electrons. The van der Waals surface area contributed by atoms with Crippen molar-refractivity contribution in [2.75, 3.05) is 6.54 Å². The zero-order chi connectivity index (χ0) is 12.8. The lowest BCUT2D eigenvalue weighted by Gasteiger charge is -2.06. The van der Waals surface area contributed by atoms with Crippen molar-refractivity contribution in [3.8, 4) is 0 Å². The number of benzene rings is 2. The Morgan fingerprint density at radius 2 is 1.58 bits per heavy atom. The van der Waals surface area contributed by atoms with E-state index in [0.29, 0.717) is 10.0 Å². The fourth-order valence-electron chi connectivity index (χ4n) is 1.76. The lowest BCUT2D eigenvalue weighted by atomic mass is 10.1. The van der Waals surface area contributed by atoms with Gasteiger partial charge in [0.15, 0.2) is 0 Å². The van der Waals surface area contributed by atoms with Crippen LogP contribution < -0.4 is 5.32 Å². The molecule has 0 fully saturated rings. The Morgan fingerprint density at radius 1 is 0.842 bits per heavy atom. The van der Waals surface area contributed by atoms with Crippen LogP contribution in [0.1, 0.15) is 11.1 Å². The molecule has 2 rings (SSSR count). The van der Waals surface area contributed by atoms with Gasteiger partial charge in [-0.15, -0.1) is 12.4 Å². The van der Waals surface area contributed by atoms with Crippen LogP contribution >= 0.6 is 35.6 Å². The molecule has 0 saturated heterocycles. The topological polar surface area (TPSA) is 12.0 Å². The van der Waals surface area contributed by atoms with E-state index < -0.39 is 0 Å². The number of halogens is 3. The second-order valence-corrected chi connectivity index (χ2v) is 4.98. The average molecular weight is 317 g/mol. The van der Waals surface area contributed by atoms with E-state index in [1.165, 1.54) is 5.56 Å². The van der Waals surface area contributed by atoms with Crippen molar-refractivity contribution in [3.63, 3.8) is 0 Å². The molecule has 2 aromatic rings. The molecule has 1 N–H and O–H groups in total. The summed E-state index contributed by atoms with van der Waals surface area (Å²) in [7, 11) is 0. The molecule has 0 atom stereocenters. The Hall–Kier alpha value is -0.730. The first-order valence-corrected chi connectivity index (χ1v) is 6.70. The second kappa shape index (κ2) is 8.44. The molecule has 0 aliphatic carbocycles. The summed E-state index contributed by atoms with van der Waals surface area (Å²) in [6, 6.07) is 16.2. The predicted octanol–water partition coefficient (Wildman–Crippen LogP) is 4.75. The molecule has 0 radical (unpaired) electrons. The van der Waals surface area contributed by atoms with Gasteiger partial charge in [-0.3, -0.25) is 0 Å². The molecule has 0 heterocycles. The molecule has 0 aliphatic rings. The fraction of sp³-hybridized carbons (Fsp3) is 0.200. The summed E-state index contributed by atoms with van der Waals surface area (Å²) in [5.74, 6) is 0. The molecular weight excluding hydrogens is 301 g/mol. The van der Waals surface area contributed by atoms with Crippen molar-refractivity contribution in [1.29, 1.82) is 0 Å². The molecule has 0 bridgehead atoms. The normalized spacial score (nSPS) is 10.0. The smallest absolute Gasteiger partial charge is 0.0595 e. The van der Waals surface area contributed by atoms with Crippen LogP contribution in [-0.4, -0.2) is 6.54 Å². The van der Waals surface area contributed by atoms with E-state index in [-0.39, 0.29) is 12.4 Å². The maximum Gasteiger partial charge on any atom is 0.0595 e. The highest BCUT2D eigenvalue weighted by molar-refractivity contribution is 6.42. The molecule has 0 aliphatic heterocycles. The monoisotopic (exact) mass is 315 g/mol. The Labute approximate surface area is 130 Å². The minimum Gasteiger partial charge on any atom is -0.312 e. The summed E-state index contributed by atoms with van der Waals surface area (Å²) in [5, 5.41) is 4.61. The Bertz CT molecular complexity index is 500. The van der Waals surface area contributed by atoms with Crippen molar-refractivity contribution in [3.05, 3.63) is 69.7 Å². The average Bonchev–Trinajstić information content (AvgIpc) is 2.40. The van der Waals surface area contributed by atoms with Gasteiger partial charge in [0.05, 0.1) is 10.0 Å². The summed E-state index contributed by atoms with van der Waals surface area (Å²) in [6.07, 6.45) is 1.03. The van der Waals surface area contributed by atoms with Crippen LogP contribution in [0.15, 0.2) is 48.5 Å². The third-order valence-electron chi connectivity index (χ3n) is 2.75. The van der Waals surface area contributed by atoms with Gasteiger partial charge in [0.25, 0.3) is 0 Å². The predicted molar refractivity (Wildman–Crippen MR) is 85.6 cm³/mol. The largest absolute Gasteiger partial charge is 0.312 e. The van der Waals surface area contributed by atoms with E-state index in [9.17, 15) is 0 Å². The van der Waals surface area contributed by atoms with Crippen molar-refractivity contribution < 1.29 is 0 Å². The number of hydrogen-bond donors (Lipinski definition) is 1.